The molecule has 0 N–H and O–H groups in total. The molecule has 1 aromatic heterocycles. The summed E-state index contributed by atoms with van der Waals surface area (Å²) in [6.07, 6.45) is 7.43. The van der Waals surface area contributed by atoms with Gasteiger partial charge in [-0.3, -0.25) is 9.69 Å². The summed E-state index contributed by atoms with van der Waals surface area (Å²) >= 11 is 0. The molecule has 1 aliphatic carbocycles. The molecule has 0 spiro atoms. The van der Waals surface area contributed by atoms with E-state index in [1.807, 2.05) is 19.3 Å². The molecule has 0 radical (unpaired) electrons. The quantitative estimate of drug-likeness (QED) is 0.723. The van der Waals surface area contributed by atoms with Crippen molar-refractivity contribution in [2.24, 2.45) is 7.05 Å². The van der Waals surface area contributed by atoms with E-state index in [1.165, 1.54) is 31.4 Å². The van der Waals surface area contributed by atoms with E-state index < -0.39 is 0 Å². The first kappa shape index (κ1) is 16.2. The van der Waals surface area contributed by atoms with Gasteiger partial charge in [0.1, 0.15) is 0 Å². The fourth-order valence-corrected chi connectivity index (χ4v) is 3.17. The number of carbonyl (C=O) groups excluding carboxylic acids is 1. The Morgan fingerprint density at radius 3 is 2.52 bits per heavy atom. The van der Waals surface area contributed by atoms with Crippen molar-refractivity contribution < 1.29 is 4.79 Å². The van der Waals surface area contributed by atoms with Crippen LogP contribution in [0.25, 0.3) is 0 Å². The lowest BCUT2D eigenvalue weighted by molar-refractivity contribution is 0.101. The van der Waals surface area contributed by atoms with Gasteiger partial charge in [0, 0.05) is 50.2 Å². The summed E-state index contributed by atoms with van der Waals surface area (Å²) in [7, 11) is 6.42. The van der Waals surface area contributed by atoms with Crippen LogP contribution in [-0.4, -0.2) is 53.4 Å². The van der Waals surface area contributed by atoms with Crippen molar-refractivity contribution in [2.75, 3.05) is 27.2 Å². The lowest BCUT2D eigenvalue weighted by Crippen LogP contribution is -2.36. The molecule has 0 amide bonds. The van der Waals surface area contributed by atoms with Gasteiger partial charge in [-0.1, -0.05) is 12.8 Å². The van der Waals surface area contributed by atoms with Crippen molar-refractivity contribution in [1.82, 2.24) is 14.4 Å². The van der Waals surface area contributed by atoms with Gasteiger partial charge in [0.2, 0.25) is 0 Å². The Labute approximate surface area is 128 Å². The van der Waals surface area contributed by atoms with Crippen molar-refractivity contribution in [3.63, 3.8) is 0 Å². The van der Waals surface area contributed by atoms with Crippen molar-refractivity contribution in [2.45, 2.75) is 45.2 Å². The van der Waals surface area contributed by atoms with E-state index in [0.717, 1.165) is 31.2 Å². The number of rotatable bonds is 7. The van der Waals surface area contributed by atoms with Crippen LogP contribution in [0.15, 0.2) is 12.3 Å². The Hall–Kier alpha value is -1.13. The van der Waals surface area contributed by atoms with Crippen LogP contribution >= 0.6 is 0 Å². The number of nitrogens with zero attached hydrogens (tertiary/aromatic N) is 3. The Balaban J connectivity index is 1.81. The van der Waals surface area contributed by atoms with E-state index in [2.05, 4.69) is 28.5 Å². The monoisotopic (exact) mass is 291 g/mol. The van der Waals surface area contributed by atoms with E-state index in [1.54, 1.807) is 6.92 Å². The number of hydrogen-bond acceptors (Lipinski definition) is 3. The summed E-state index contributed by atoms with van der Waals surface area (Å²) in [6, 6.07) is 2.80. The van der Waals surface area contributed by atoms with E-state index in [4.69, 9.17) is 0 Å². The molecular formula is C17H29N3O. The number of hydrogen-bond donors (Lipinski definition) is 0. The highest BCUT2D eigenvalue weighted by Crippen LogP contribution is 2.22. The summed E-state index contributed by atoms with van der Waals surface area (Å²) in [5.74, 6) is 0.139. The average molecular weight is 291 g/mol. The van der Waals surface area contributed by atoms with Crippen molar-refractivity contribution in [3.05, 3.63) is 23.5 Å². The van der Waals surface area contributed by atoms with Crippen LogP contribution < -0.4 is 0 Å². The second-order valence-electron chi connectivity index (χ2n) is 6.54. The maximum absolute atomic E-state index is 11.4. The maximum atomic E-state index is 11.4. The first-order chi connectivity index (χ1) is 9.97. The van der Waals surface area contributed by atoms with Gasteiger partial charge >= 0.3 is 0 Å². The first-order valence-corrected chi connectivity index (χ1v) is 8.02. The van der Waals surface area contributed by atoms with Crippen molar-refractivity contribution in [1.29, 1.82) is 0 Å². The molecule has 4 nitrogen and oxygen atoms in total. The van der Waals surface area contributed by atoms with Gasteiger partial charge in [-0.05, 0) is 39.9 Å². The molecule has 0 unspecified atom stereocenters. The summed E-state index contributed by atoms with van der Waals surface area (Å²) in [5, 5.41) is 0. The lowest BCUT2D eigenvalue weighted by atomic mass is 10.2. The summed E-state index contributed by atoms with van der Waals surface area (Å²) < 4.78 is 2.06. The van der Waals surface area contributed by atoms with Crippen LogP contribution in [0.2, 0.25) is 0 Å². The molecule has 0 bridgehead atoms. The molecule has 0 aromatic carbocycles. The molecule has 21 heavy (non-hydrogen) atoms. The van der Waals surface area contributed by atoms with Crippen LogP contribution in [0.3, 0.4) is 0 Å². The average Bonchev–Trinajstić information content (AvgIpc) is 3.07. The van der Waals surface area contributed by atoms with Crippen LogP contribution in [0, 0.1) is 0 Å². The predicted octanol–water partition coefficient (Wildman–Crippen LogP) is 2.53. The summed E-state index contributed by atoms with van der Waals surface area (Å²) in [5.41, 5.74) is 2.01. The topological polar surface area (TPSA) is 28.5 Å². The number of Topliss-reactive ketones (excluding diaryl/α,β-unsaturated/α-hetero) is 1. The largest absolute Gasteiger partial charge is 0.353 e. The molecule has 0 saturated heterocycles. The van der Waals surface area contributed by atoms with E-state index in [0.29, 0.717) is 0 Å². The van der Waals surface area contributed by atoms with Gasteiger partial charge in [0.15, 0.2) is 5.78 Å². The summed E-state index contributed by atoms with van der Waals surface area (Å²) in [4.78, 5) is 16.3. The molecule has 0 aliphatic heterocycles. The van der Waals surface area contributed by atoms with Gasteiger partial charge in [-0.15, -0.1) is 0 Å². The first-order valence-electron chi connectivity index (χ1n) is 8.02. The minimum absolute atomic E-state index is 0.139. The predicted molar refractivity (Wildman–Crippen MR) is 86.6 cm³/mol. The number of aromatic nitrogens is 1. The molecule has 1 aromatic rings. The highest BCUT2D eigenvalue weighted by molar-refractivity contribution is 5.94. The molecule has 1 fully saturated rings. The Morgan fingerprint density at radius 1 is 1.29 bits per heavy atom. The molecule has 1 heterocycles. The second kappa shape index (κ2) is 7.23. The fraction of sp³-hybridized carbons (Fsp3) is 0.706. The van der Waals surface area contributed by atoms with Crippen LogP contribution in [0.5, 0.6) is 0 Å². The van der Waals surface area contributed by atoms with Crippen LogP contribution in [-0.2, 0) is 13.6 Å². The zero-order chi connectivity index (χ0) is 15.4. The normalized spacial score (nSPS) is 16.3. The number of aryl methyl sites for hydroxylation is 1. The smallest absolute Gasteiger partial charge is 0.161 e. The number of carbonyl (C=O) groups is 1. The molecule has 4 heteroatoms. The van der Waals surface area contributed by atoms with Gasteiger partial charge in [-0.25, -0.2) is 0 Å². The molecule has 1 aliphatic rings. The highest BCUT2D eigenvalue weighted by Gasteiger charge is 2.19. The number of likely N-dealkylation sites (N-methyl/N-ethyl adjacent to an activating group) is 2. The summed E-state index contributed by atoms with van der Waals surface area (Å²) in [6.45, 7) is 4.69. The minimum atomic E-state index is 0.139. The van der Waals surface area contributed by atoms with Crippen molar-refractivity contribution in [3.8, 4) is 0 Å². The standard InChI is InChI=1S/C17H29N3O/c1-14(21)15-11-17(20(4)12-15)13-18(2)9-10-19(3)16-7-5-6-8-16/h11-12,16H,5-10,13H2,1-4H3. The van der Waals surface area contributed by atoms with Gasteiger partial charge < -0.3 is 9.47 Å². The van der Waals surface area contributed by atoms with E-state index in [-0.39, 0.29) is 5.78 Å². The van der Waals surface area contributed by atoms with Gasteiger partial charge in [-0.2, -0.15) is 0 Å². The van der Waals surface area contributed by atoms with E-state index in [9.17, 15) is 4.79 Å². The third kappa shape index (κ3) is 4.42. The van der Waals surface area contributed by atoms with E-state index >= 15 is 0 Å². The maximum Gasteiger partial charge on any atom is 0.161 e. The zero-order valence-corrected chi connectivity index (χ0v) is 13.9. The van der Waals surface area contributed by atoms with Gasteiger partial charge in [0.05, 0.1) is 0 Å². The third-order valence-electron chi connectivity index (χ3n) is 4.73. The molecular weight excluding hydrogens is 262 g/mol. The van der Waals surface area contributed by atoms with Crippen molar-refractivity contribution >= 4 is 5.78 Å². The third-order valence-corrected chi connectivity index (χ3v) is 4.73. The molecule has 0 atom stereocenters. The number of ketones is 1. The molecule has 1 saturated carbocycles. The zero-order valence-electron chi connectivity index (χ0n) is 13.9. The van der Waals surface area contributed by atoms with Crippen LogP contribution in [0.4, 0.5) is 0 Å². The van der Waals surface area contributed by atoms with Gasteiger partial charge in [0.25, 0.3) is 0 Å². The lowest BCUT2D eigenvalue weighted by Gasteiger charge is -2.26. The second-order valence-corrected chi connectivity index (χ2v) is 6.54. The Morgan fingerprint density at radius 2 is 1.95 bits per heavy atom. The van der Waals surface area contributed by atoms with Crippen LogP contribution in [0.1, 0.15) is 48.7 Å². The SMILES string of the molecule is CC(=O)c1cc(CN(C)CCN(C)C2CCCC2)n(C)c1. The Bertz CT molecular complexity index is 474. The Kier molecular flexibility index (Phi) is 5.59. The molecule has 2 rings (SSSR count). The minimum Gasteiger partial charge on any atom is -0.353 e. The highest BCUT2D eigenvalue weighted by atomic mass is 16.1. The fourth-order valence-electron chi connectivity index (χ4n) is 3.17. The molecule has 118 valence electrons.